The molecule has 0 atom stereocenters. The highest BCUT2D eigenvalue weighted by Crippen LogP contribution is 2.38. The van der Waals surface area contributed by atoms with Gasteiger partial charge in [0.1, 0.15) is 12.1 Å². The largest absolute Gasteiger partial charge is 0.481 e. The van der Waals surface area contributed by atoms with Crippen LogP contribution in [0, 0.1) is 5.41 Å². The highest BCUT2D eigenvalue weighted by molar-refractivity contribution is 5.93. The van der Waals surface area contributed by atoms with Crippen LogP contribution in [-0.2, 0) is 0 Å². The summed E-state index contributed by atoms with van der Waals surface area (Å²) in [7, 11) is 1.53. The smallest absolute Gasteiger partial charge is 0.212 e. The van der Waals surface area contributed by atoms with Crippen LogP contribution in [-0.4, -0.2) is 48.2 Å². The molecule has 0 unspecified atom stereocenters. The number of methoxy groups -OCH3 is 1. The van der Waals surface area contributed by atoms with Crippen LogP contribution in [0.15, 0.2) is 42.8 Å². The summed E-state index contributed by atoms with van der Waals surface area (Å²) in [5.74, 6) is 1.33. The molecule has 3 aromatic rings. The normalized spacial score (nSPS) is 18.8. The maximum atomic E-state index is 8.05. The molecule has 6 nitrogen and oxygen atoms in total. The molecule has 2 saturated heterocycles. The number of ether oxygens (including phenoxy) is 1. The van der Waals surface area contributed by atoms with Gasteiger partial charge in [-0.3, -0.25) is 0 Å². The van der Waals surface area contributed by atoms with E-state index in [1.54, 1.807) is 18.6 Å². The zero-order valence-electron chi connectivity index (χ0n) is 15.7. The van der Waals surface area contributed by atoms with Gasteiger partial charge < -0.3 is 15.0 Å². The molecule has 5 rings (SSSR count). The molecule has 1 aromatic carbocycles. The summed E-state index contributed by atoms with van der Waals surface area (Å²) < 4.78 is 13.1. The Balaban J connectivity index is 1.56. The van der Waals surface area contributed by atoms with Gasteiger partial charge in [0.15, 0.2) is 0 Å². The van der Waals surface area contributed by atoms with E-state index >= 15 is 0 Å². The van der Waals surface area contributed by atoms with E-state index < -0.39 is 0 Å². The fourth-order valence-corrected chi connectivity index (χ4v) is 3.97. The van der Waals surface area contributed by atoms with Crippen molar-refractivity contribution in [2.75, 3.05) is 38.2 Å². The van der Waals surface area contributed by atoms with Crippen molar-refractivity contribution in [2.45, 2.75) is 6.42 Å². The highest BCUT2D eigenvalue weighted by atomic mass is 16.5. The third kappa shape index (κ3) is 2.49. The van der Waals surface area contributed by atoms with Gasteiger partial charge in [0.2, 0.25) is 5.88 Å². The fraction of sp³-hybridized carbons (Fsp3) is 0.350. The van der Waals surface area contributed by atoms with Crippen LogP contribution in [0.4, 0.5) is 5.82 Å². The Morgan fingerprint density at radius 2 is 2.12 bits per heavy atom. The molecule has 0 radical (unpaired) electrons. The standard InChI is InChI=1S/C20H21N5O/c1-26-18-5-3-15(9-22-18)14-2-4-17-16(8-14)19(24-13-23-17)25-7-6-20(12-25)10-21-11-20/h2-5,8-9,13,21H,6-7,10-12H2,1H3/i5D. The van der Waals surface area contributed by atoms with Crippen LogP contribution in [0.3, 0.4) is 0 Å². The molecule has 4 heterocycles. The Morgan fingerprint density at radius 3 is 2.85 bits per heavy atom. The predicted molar refractivity (Wildman–Crippen MR) is 101 cm³/mol. The maximum Gasteiger partial charge on any atom is 0.212 e. The zero-order valence-corrected chi connectivity index (χ0v) is 14.7. The van der Waals surface area contributed by atoms with Gasteiger partial charge in [0.25, 0.3) is 0 Å². The first-order valence-corrected chi connectivity index (χ1v) is 8.89. The van der Waals surface area contributed by atoms with E-state index in [1.165, 1.54) is 13.5 Å². The topological polar surface area (TPSA) is 63.2 Å². The molecule has 0 saturated carbocycles. The van der Waals surface area contributed by atoms with Crippen molar-refractivity contribution < 1.29 is 6.11 Å². The van der Waals surface area contributed by atoms with Gasteiger partial charge in [-0.15, -0.1) is 0 Å². The summed E-state index contributed by atoms with van der Waals surface area (Å²) in [5, 5.41) is 4.45. The minimum atomic E-state index is 0.276. The third-order valence-electron chi connectivity index (χ3n) is 5.55. The average Bonchev–Trinajstić information content (AvgIpc) is 3.13. The van der Waals surface area contributed by atoms with E-state index in [0.29, 0.717) is 11.3 Å². The van der Waals surface area contributed by atoms with Crippen molar-refractivity contribution in [3.05, 3.63) is 42.8 Å². The van der Waals surface area contributed by atoms with Crippen LogP contribution in [0.1, 0.15) is 7.79 Å². The molecule has 0 aliphatic carbocycles. The maximum absolute atomic E-state index is 8.05. The molecule has 0 bridgehead atoms. The summed E-state index contributed by atoms with van der Waals surface area (Å²) >= 11 is 0. The van der Waals surface area contributed by atoms with Crippen LogP contribution in [0.25, 0.3) is 22.0 Å². The lowest BCUT2D eigenvalue weighted by molar-refractivity contribution is 0.199. The van der Waals surface area contributed by atoms with E-state index in [9.17, 15) is 0 Å². The first-order valence-electron chi connectivity index (χ1n) is 9.39. The Labute approximate surface area is 153 Å². The lowest BCUT2D eigenvalue weighted by Crippen LogP contribution is -2.54. The molecule has 2 fully saturated rings. The quantitative estimate of drug-likeness (QED) is 0.785. The average molecular weight is 348 g/mol. The minimum absolute atomic E-state index is 0.276. The SMILES string of the molecule is [2H]c1cc(-c2ccc3ncnc(N4CCC5(CNC5)C4)c3c2)cnc1OC. The molecular formula is C20H21N5O. The molecule has 2 aliphatic heterocycles. The Morgan fingerprint density at radius 1 is 1.19 bits per heavy atom. The summed E-state index contributed by atoms with van der Waals surface area (Å²) in [6.07, 6.45) is 4.60. The van der Waals surface area contributed by atoms with E-state index in [-0.39, 0.29) is 6.04 Å². The van der Waals surface area contributed by atoms with Gasteiger partial charge in [0, 0.05) is 54.8 Å². The number of aromatic nitrogens is 3. The molecule has 0 amide bonds. The van der Waals surface area contributed by atoms with Crippen molar-refractivity contribution in [1.82, 2.24) is 20.3 Å². The van der Waals surface area contributed by atoms with Crippen LogP contribution in [0.2, 0.25) is 0 Å². The van der Waals surface area contributed by atoms with Crippen molar-refractivity contribution in [3.63, 3.8) is 0 Å². The number of rotatable bonds is 3. The number of hydrogen-bond donors (Lipinski definition) is 1. The van der Waals surface area contributed by atoms with E-state index in [1.807, 2.05) is 12.1 Å². The number of benzene rings is 1. The van der Waals surface area contributed by atoms with Gasteiger partial charge in [-0.2, -0.15) is 0 Å². The first kappa shape index (κ1) is 14.4. The van der Waals surface area contributed by atoms with Crippen molar-refractivity contribution in [3.8, 4) is 17.0 Å². The summed E-state index contributed by atoms with van der Waals surface area (Å²) in [5.41, 5.74) is 3.23. The van der Waals surface area contributed by atoms with E-state index in [4.69, 9.17) is 6.11 Å². The monoisotopic (exact) mass is 348 g/mol. The summed E-state index contributed by atoms with van der Waals surface area (Å²) in [4.78, 5) is 15.7. The number of fused-ring (bicyclic) bond motifs is 1. The Bertz CT molecular complexity index is 1020. The van der Waals surface area contributed by atoms with Gasteiger partial charge in [-0.05, 0) is 30.2 Å². The van der Waals surface area contributed by atoms with Gasteiger partial charge >= 0.3 is 0 Å². The fourth-order valence-electron chi connectivity index (χ4n) is 3.97. The van der Waals surface area contributed by atoms with Gasteiger partial charge in [-0.25, -0.2) is 15.0 Å². The molecule has 1 spiro atoms. The highest BCUT2D eigenvalue weighted by Gasteiger charge is 2.43. The number of hydrogen-bond acceptors (Lipinski definition) is 6. The molecular weight excluding hydrogens is 326 g/mol. The Kier molecular flexibility index (Phi) is 3.29. The number of nitrogens with zero attached hydrogens (tertiary/aromatic N) is 4. The third-order valence-corrected chi connectivity index (χ3v) is 5.55. The molecule has 2 aromatic heterocycles. The first-order chi connectivity index (χ1) is 13.2. The number of nitrogens with one attached hydrogen (secondary N) is 1. The van der Waals surface area contributed by atoms with Gasteiger partial charge in [-0.1, -0.05) is 6.07 Å². The zero-order chi connectivity index (χ0) is 18.4. The van der Waals surface area contributed by atoms with Crippen LogP contribution < -0.4 is 15.0 Å². The molecule has 132 valence electrons. The second-order valence-electron chi connectivity index (χ2n) is 7.22. The predicted octanol–water partition coefficient (Wildman–Crippen LogP) is 2.50. The second kappa shape index (κ2) is 5.92. The minimum Gasteiger partial charge on any atom is -0.481 e. The van der Waals surface area contributed by atoms with Crippen molar-refractivity contribution >= 4 is 16.7 Å². The lowest BCUT2D eigenvalue weighted by atomic mass is 9.81. The molecule has 6 heteroatoms. The number of anilines is 1. The van der Waals surface area contributed by atoms with Crippen LogP contribution in [0.5, 0.6) is 5.88 Å². The molecule has 2 aliphatic rings. The molecule has 1 N–H and O–H groups in total. The summed E-state index contributed by atoms with van der Waals surface area (Å²) in [6.45, 7) is 4.26. The van der Waals surface area contributed by atoms with Crippen LogP contribution >= 0.6 is 0 Å². The molecule has 26 heavy (non-hydrogen) atoms. The van der Waals surface area contributed by atoms with Crippen molar-refractivity contribution in [1.29, 1.82) is 0 Å². The van der Waals surface area contributed by atoms with Crippen molar-refractivity contribution in [2.24, 2.45) is 5.41 Å². The number of pyridine rings is 1. The van der Waals surface area contributed by atoms with Gasteiger partial charge in [0.05, 0.1) is 14.0 Å². The van der Waals surface area contributed by atoms with E-state index in [0.717, 1.165) is 54.0 Å². The van der Waals surface area contributed by atoms with E-state index in [2.05, 4.69) is 31.2 Å². The summed E-state index contributed by atoms with van der Waals surface area (Å²) in [6, 6.07) is 8.20. The second-order valence-corrected chi connectivity index (χ2v) is 7.22. The Hall–Kier alpha value is -2.73. The lowest BCUT2D eigenvalue weighted by Gasteiger charge is -2.39.